The molecule has 0 aromatic heterocycles. The van der Waals surface area contributed by atoms with Crippen molar-refractivity contribution in [2.75, 3.05) is 34.0 Å². The predicted octanol–water partition coefficient (Wildman–Crippen LogP) is 3.43. The van der Waals surface area contributed by atoms with Crippen molar-refractivity contribution >= 4 is 40.6 Å². The van der Waals surface area contributed by atoms with Gasteiger partial charge >= 0.3 is 11.9 Å². The first-order valence-corrected chi connectivity index (χ1v) is 15.4. The molecule has 2 aliphatic carbocycles. The Morgan fingerprint density at radius 1 is 0.837 bits per heavy atom. The van der Waals surface area contributed by atoms with Crippen molar-refractivity contribution in [3.8, 4) is 11.5 Å². The molecule has 3 atom stereocenters. The molecule has 2 aromatic carbocycles. The van der Waals surface area contributed by atoms with Crippen molar-refractivity contribution in [3.63, 3.8) is 0 Å². The fourth-order valence-corrected chi connectivity index (χ4v) is 5.95. The Kier molecular flexibility index (Phi) is 10.2. The molecule has 2 aromatic rings. The van der Waals surface area contributed by atoms with Crippen LogP contribution >= 0.6 is 0 Å². The number of hydrogen-bond donors (Lipinski definition) is 1. The van der Waals surface area contributed by atoms with Crippen LogP contribution in [0, 0.1) is 13.8 Å². The Morgan fingerprint density at radius 3 is 2.27 bits per heavy atom. The van der Waals surface area contributed by atoms with Crippen molar-refractivity contribution in [2.24, 2.45) is 0 Å². The van der Waals surface area contributed by atoms with Gasteiger partial charge in [-0.05, 0) is 61.4 Å². The Bertz CT molecular complexity index is 1870. The number of aryl methyl sites for hydroxylation is 2. The zero-order chi connectivity index (χ0) is 35.6. The van der Waals surface area contributed by atoms with Crippen LogP contribution < -0.4 is 14.8 Å². The number of Topliss-reactive ketones (excluding diaryl/α,β-unsaturated/α-hetero) is 2. The van der Waals surface area contributed by atoms with E-state index in [1.807, 2.05) is 0 Å². The molecule has 3 aliphatic rings. The molecule has 0 saturated carbocycles. The number of allylic oxidation sites excluding steroid dienone is 4. The number of methoxy groups -OCH3 is 2. The van der Waals surface area contributed by atoms with Gasteiger partial charge in [0.1, 0.15) is 30.3 Å². The van der Waals surface area contributed by atoms with Crippen molar-refractivity contribution in [2.45, 2.75) is 46.2 Å². The minimum atomic E-state index is -0.879. The minimum absolute atomic E-state index is 0.00522. The second-order valence-corrected chi connectivity index (χ2v) is 11.5. The van der Waals surface area contributed by atoms with E-state index in [0.29, 0.717) is 5.56 Å². The third-order valence-corrected chi connectivity index (χ3v) is 8.03. The van der Waals surface area contributed by atoms with Crippen LogP contribution in [-0.2, 0) is 28.5 Å². The quantitative estimate of drug-likeness (QED) is 0.209. The number of hydrogen-bond acceptors (Lipinski definition) is 13. The lowest BCUT2D eigenvalue weighted by Crippen LogP contribution is -2.42. The van der Waals surface area contributed by atoms with Gasteiger partial charge in [-0.15, -0.1) is 0 Å². The molecule has 256 valence electrons. The molecule has 0 bridgehead atoms. The summed E-state index contributed by atoms with van der Waals surface area (Å²) in [6, 6.07) is 4.79. The van der Waals surface area contributed by atoms with Gasteiger partial charge in [0.2, 0.25) is 5.78 Å². The Labute approximate surface area is 281 Å². The number of nitrogens with one attached hydrogen (secondary N) is 1. The highest BCUT2D eigenvalue weighted by Gasteiger charge is 2.37. The number of ether oxygens (including phenoxy) is 6. The maximum atomic E-state index is 13.9. The van der Waals surface area contributed by atoms with E-state index in [1.54, 1.807) is 38.1 Å². The molecular weight excluding hydrogens is 638 g/mol. The lowest BCUT2D eigenvalue weighted by atomic mass is 9.80. The second-order valence-electron chi connectivity index (χ2n) is 11.5. The van der Waals surface area contributed by atoms with E-state index in [1.165, 1.54) is 46.3 Å². The van der Waals surface area contributed by atoms with Gasteiger partial charge in [0.15, 0.2) is 23.6 Å². The highest BCUT2D eigenvalue weighted by Crippen LogP contribution is 2.42. The van der Waals surface area contributed by atoms with Crippen molar-refractivity contribution in [1.82, 2.24) is 5.32 Å². The van der Waals surface area contributed by atoms with Gasteiger partial charge in [-0.3, -0.25) is 28.8 Å². The maximum Gasteiger partial charge on any atom is 0.303 e. The van der Waals surface area contributed by atoms with Gasteiger partial charge in [0.05, 0.1) is 37.7 Å². The molecule has 0 fully saturated rings. The summed E-state index contributed by atoms with van der Waals surface area (Å²) in [6.07, 6.45) is 3.03. The van der Waals surface area contributed by atoms with Crippen LogP contribution in [0.25, 0.3) is 5.57 Å². The highest BCUT2D eigenvalue weighted by atomic mass is 16.7. The van der Waals surface area contributed by atoms with Gasteiger partial charge in [0.25, 0.3) is 0 Å². The standard InChI is InChI=1S/C36H35NO12/c1-17-11-22-32(28(12-17)44-5)26(41)14-23(34(22)42)31-18(2)13-21-25(40)15-24(35(43)33(21)36(31)45-6)37-9-10-46-30-8-7-27(48-20(4)39)29(49-30)16-47-19(3)38/h7-8,11-15,27,29-30,37H,9-10,16H2,1-6H3/t27-,29+,30?/m0/s1. The first-order chi connectivity index (χ1) is 23.3. The molecular formula is C36H35NO12. The molecule has 0 radical (unpaired) electrons. The monoisotopic (exact) mass is 673 g/mol. The Morgan fingerprint density at radius 2 is 1.59 bits per heavy atom. The van der Waals surface area contributed by atoms with E-state index in [0.717, 1.165) is 5.56 Å². The number of fused-ring (bicyclic) bond motifs is 2. The second kappa shape index (κ2) is 14.4. The predicted molar refractivity (Wildman–Crippen MR) is 173 cm³/mol. The van der Waals surface area contributed by atoms with Crippen LogP contribution in [0.2, 0.25) is 0 Å². The van der Waals surface area contributed by atoms with E-state index >= 15 is 0 Å². The lowest BCUT2D eigenvalue weighted by molar-refractivity contribution is -0.196. The summed E-state index contributed by atoms with van der Waals surface area (Å²) in [5.74, 6) is -2.70. The minimum Gasteiger partial charge on any atom is -0.496 e. The Hall–Kier alpha value is -5.40. The van der Waals surface area contributed by atoms with Gasteiger partial charge < -0.3 is 33.7 Å². The zero-order valence-electron chi connectivity index (χ0n) is 27.8. The van der Waals surface area contributed by atoms with Crippen LogP contribution in [-0.4, -0.2) is 87.5 Å². The summed E-state index contributed by atoms with van der Waals surface area (Å²) >= 11 is 0. The molecule has 5 rings (SSSR count). The van der Waals surface area contributed by atoms with E-state index in [9.17, 15) is 28.8 Å². The van der Waals surface area contributed by atoms with Crippen LogP contribution in [0.15, 0.2) is 48.2 Å². The van der Waals surface area contributed by atoms with Crippen molar-refractivity contribution < 1.29 is 57.2 Å². The first kappa shape index (κ1) is 34.9. The van der Waals surface area contributed by atoms with Crippen LogP contribution in [0.5, 0.6) is 11.5 Å². The number of benzene rings is 2. The topological polar surface area (TPSA) is 170 Å². The maximum absolute atomic E-state index is 13.9. The highest BCUT2D eigenvalue weighted by molar-refractivity contribution is 6.40. The van der Waals surface area contributed by atoms with E-state index < -0.39 is 53.6 Å². The van der Waals surface area contributed by atoms with Gasteiger partial charge in [-0.2, -0.15) is 0 Å². The summed E-state index contributed by atoms with van der Waals surface area (Å²) in [5.41, 5.74) is 1.79. The molecule has 1 N–H and O–H groups in total. The smallest absolute Gasteiger partial charge is 0.303 e. The molecule has 0 amide bonds. The summed E-state index contributed by atoms with van der Waals surface area (Å²) in [6.45, 7) is 5.86. The number of carbonyl (C=O) groups excluding carboxylic acids is 6. The number of ketones is 4. The lowest BCUT2D eigenvalue weighted by Gasteiger charge is -2.31. The molecule has 1 aliphatic heterocycles. The number of rotatable bonds is 11. The molecule has 13 heteroatoms. The van der Waals surface area contributed by atoms with E-state index in [-0.39, 0.29) is 70.3 Å². The summed E-state index contributed by atoms with van der Waals surface area (Å²) in [4.78, 5) is 77.0. The molecule has 1 heterocycles. The normalized spacial score (nSPS) is 19.8. The third kappa shape index (κ3) is 7.08. The Balaban J connectivity index is 1.34. The number of carbonyl (C=O) groups is 6. The van der Waals surface area contributed by atoms with Crippen LogP contribution in [0.3, 0.4) is 0 Å². The van der Waals surface area contributed by atoms with Crippen molar-refractivity contribution in [1.29, 1.82) is 0 Å². The first-order valence-electron chi connectivity index (χ1n) is 15.4. The number of esters is 2. The van der Waals surface area contributed by atoms with E-state index in [2.05, 4.69) is 5.32 Å². The molecule has 49 heavy (non-hydrogen) atoms. The van der Waals surface area contributed by atoms with Gasteiger partial charge in [-0.1, -0.05) is 0 Å². The zero-order valence-corrected chi connectivity index (χ0v) is 27.8. The van der Waals surface area contributed by atoms with Gasteiger partial charge in [0, 0.05) is 48.7 Å². The largest absolute Gasteiger partial charge is 0.496 e. The van der Waals surface area contributed by atoms with Crippen molar-refractivity contribution in [3.05, 3.63) is 87.1 Å². The van der Waals surface area contributed by atoms with E-state index in [4.69, 9.17) is 28.4 Å². The summed E-state index contributed by atoms with van der Waals surface area (Å²) in [7, 11) is 2.74. The SMILES string of the molecule is COc1cc(C)cc2c1C(=O)C=C(c1c(C)cc3c(c1OC)C(=O)C(NCCOC1C=C[C@H](OC(C)=O)[C@@H](COC(C)=O)O1)=CC3=O)C2=O. The molecule has 1 unspecified atom stereocenters. The average molecular weight is 674 g/mol. The average Bonchev–Trinajstić information content (AvgIpc) is 3.05. The van der Waals surface area contributed by atoms with Crippen LogP contribution in [0.1, 0.15) is 72.0 Å². The fourth-order valence-electron chi connectivity index (χ4n) is 5.95. The summed E-state index contributed by atoms with van der Waals surface area (Å²) < 4.78 is 32.8. The summed E-state index contributed by atoms with van der Waals surface area (Å²) in [5, 5.41) is 2.92. The van der Waals surface area contributed by atoms with Gasteiger partial charge in [-0.25, -0.2) is 0 Å². The molecule has 0 saturated heterocycles. The molecule has 13 nitrogen and oxygen atoms in total. The van der Waals surface area contributed by atoms with Crippen LogP contribution in [0.4, 0.5) is 0 Å². The fraction of sp³-hybridized carbons (Fsp3) is 0.333. The third-order valence-electron chi connectivity index (χ3n) is 8.03. The molecule has 0 spiro atoms.